The Bertz CT molecular complexity index is 860. The summed E-state index contributed by atoms with van der Waals surface area (Å²) in [7, 11) is 0. The van der Waals surface area contributed by atoms with Gasteiger partial charge in [0, 0.05) is 5.56 Å². The van der Waals surface area contributed by atoms with Crippen molar-refractivity contribution in [3.8, 4) is 11.5 Å². The Kier molecular flexibility index (Phi) is 6.47. The highest BCUT2D eigenvalue weighted by Crippen LogP contribution is 2.25. The first kappa shape index (κ1) is 18.5. The van der Waals surface area contributed by atoms with Crippen LogP contribution in [0.5, 0.6) is 11.5 Å². The zero-order valence-electron chi connectivity index (χ0n) is 15.4. The van der Waals surface area contributed by atoms with Gasteiger partial charge in [-0.15, -0.1) is 0 Å². The van der Waals surface area contributed by atoms with Crippen molar-refractivity contribution in [3.63, 3.8) is 0 Å². The Labute approximate surface area is 159 Å². The molecular weight excluding hydrogens is 338 g/mol. The first-order valence-corrected chi connectivity index (χ1v) is 9.06. The molecule has 0 atom stereocenters. The molecule has 0 bridgehead atoms. The number of benzene rings is 3. The molecule has 27 heavy (non-hydrogen) atoms. The fourth-order valence-electron chi connectivity index (χ4n) is 2.55. The van der Waals surface area contributed by atoms with E-state index in [4.69, 9.17) is 9.47 Å². The van der Waals surface area contributed by atoms with Gasteiger partial charge in [0.15, 0.2) is 0 Å². The first-order valence-electron chi connectivity index (χ1n) is 9.06. The summed E-state index contributed by atoms with van der Waals surface area (Å²) in [6.07, 6.45) is 0.946. The number of rotatable bonds is 8. The number of amides is 1. The molecule has 3 rings (SSSR count). The maximum absolute atomic E-state index is 12.6. The fraction of sp³-hybridized carbons (Fsp3) is 0.174. The third-order valence-corrected chi connectivity index (χ3v) is 3.96. The van der Waals surface area contributed by atoms with Gasteiger partial charge in [-0.1, -0.05) is 49.4 Å². The van der Waals surface area contributed by atoms with Crippen molar-refractivity contribution in [3.05, 3.63) is 90.0 Å². The van der Waals surface area contributed by atoms with Crippen molar-refractivity contribution >= 4 is 11.6 Å². The quantitative estimate of drug-likeness (QED) is 0.592. The molecule has 0 heterocycles. The summed E-state index contributed by atoms with van der Waals surface area (Å²) >= 11 is 0. The molecule has 1 N–H and O–H groups in total. The van der Waals surface area contributed by atoms with E-state index in [0.717, 1.165) is 17.7 Å². The van der Waals surface area contributed by atoms with E-state index < -0.39 is 0 Å². The fourth-order valence-corrected chi connectivity index (χ4v) is 2.55. The Balaban J connectivity index is 1.65. The molecule has 4 heteroatoms. The van der Waals surface area contributed by atoms with Gasteiger partial charge in [-0.25, -0.2) is 0 Å². The maximum atomic E-state index is 12.6. The zero-order valence-corrected chi connectivity index (χ0v) is 15.4. The van der Waals surface area contributed by atoms with Crippen molar-refractivity contribution in [2.45, 2.75) is 20.0 Å². The summed E-state index contributed by atoms with van der Waals surface area (Å²) in [6.45, 7) is 3.16. The van der Waals surface area contributed by atoms with Gasteiger partial charge in [-0.05, 0) is 48.4 Å². The summed E-state index contributed by atoms with van der Waals surface area (Å²) in [4.78, 5) is 12.6. The number of hydrogen-bond acceptors (Lipinski definition) is 3. The number of carbonyl (C=O) groups is 1. The van der Waals surface area contributed by atoms with Gasteiger partial charge in [-0.3, -0.25) is 4.79 Å². The smallest absolute Gasteiger partial charge is 0.255 e. The second-order valence-corrected chi connectivity index (χ2v) is 6.10. The molecule has 0 fully saturated rings. The van der Waals surface area contributed by atoms with Crippen molar-refractivity contribution < 1.29 is 14.3 Å². The van der Waals surface area contributed by atoms with Crippen LogP contribution in [0.4, 0.5) is 5.69 Å². The van der Waals surface area contributed by atoms with Crippen LogP contribution in [0.3, 0.4) is 0 Å². The van der Waals surface area contributed by atoms with E-state index in [2.05, 4.69) is 12.2 Å². The highest BCUT2D eigenvalue weighted by Gasteiger charge is 2.10. The van der Waals surface area contributed by atoms with Crippen LogP contribution in [0.2, 0.25) is 0 Å². The van der Waals surface area contributed by atoms with E-state index in [1.807, 2.05) is 66.7 Å². The lowest BCUT2D eigenvalue weighted by Crippen LogP contribution is -2.13. The lowest BCUT2D eigenvalue weighted by molar-refractivity contribution is 0.102. The van der Waals surface area contributed by atoms with Gasteiger partial charge in [-0.2, -0.15) is 0 Å². The van der Waals surface area contributed by atoms with Gasteiger partial charge in [0.05, 0.1) is 12.3 Å². The van der Waals surface area contributed by atoms with Gasteiger partial charge in [0.2, 0.25) is 0 Å². The largest absolute Gasteiger partial charge is 0.494 e. The number of nitrogens with one attached hydrogen (secondary N) is 1. The van der Waals surface area contributed by atoms with Gasteiger partial charge in [0.25, 0.3) is 5.91 Å². The van der Waals surface area contributed by atoms with E-state index in [0.29, 0.717) is 30.2 Å². The number of hydrogen-bond donors (Lipinski definition) is 1. The van der Waals surface area contributed by atoms with Crippen LogP contribution >= 0.6 is 0 Å². The standard InChI is InChI=1S/C23H23NO3/c1-2-16-26-20-14-12-19(13-15-20)23(25)24-21-10-6-7-11-22(21)27-17-18-8-4-3-5-9-18/h3-15H,2,16-17H2,1H3,(H,24,25). The van der Waals surface area contributed by atoms with Crippen molar-refractivity contribution in [1.82, 2.24) is 0 Å². The molecule has 0 aromatic heterocycles. The lowest BCUT2D eigenvalue weighted by atomic mass is 10.2. The minimum Gasteiger partial charge on any atom is -0.494 e. The Hall–Kier alpha value is -3.27. The highest BCUT2D eigenvalue weighted by molar-refractivity contribution is 6.05. The van der Waals surface area contributed by atoms with Gasteiger partial charge < -0.3 is 14.8 Å². The third kappa shape index (κ3) is 5.35. The lowest BCUT2D eigenvalue weighted by Gasteiger charge is -2.13. The molecule has 3 aromatic rings. The molecule has 0 aliphatic rings. The molecule has 0 unspecified atom stereocenters. The van der Waals surface area contributed by atoms with Crippen LogP contribution in [0, 0.1) is 0 Å². The minimum atomic E-state index is -0.187. The molecule has 3 aromatic carbocycles. The number of anilines is 1. The average molecular weight is 361 g/mol. The normalized spacial score (nSPS) is 10.3. The summed E-state index contributed by atoms with van der Waals surface area (Å²) in [5.41, 5.74) is 2.28. The summed E-state index contributed by atoms with van der Waals surface area (Å²) in [5.74, 6) is 1.21. The average Bonchev–Trinajstić information content (AvgIpc) is 2.72. The van der Waals surface area contributed by atoms with Gasteiger partial charge in [0.1, 0.15) is 18.1 Å². The molecular formula is C23H23NO3. The van der Waals surface area contributed by atoms with Crippen LogP contribution in [-0.2, 0) is 6.61 Å². The molecule has 4 nitrogen and oxygen atoms in total. The van der Waals surface area contributed by atoms with E-state index >= 15 is 0 Å². The number of ether oxygens (including phenoxy) is 2. The maximum Gasteiger partial charge on any atom is 0.255 e. The Morgan fingerprint density at radius 2 is 1.56 bits per heavy atom. The molecule has 0 radical (unpaired) electrons. The molecule has 138 valence electrons. The highest BCUT2D eigenvalue weighted by atomic mass is 16.5. The topological polar surface area (TPSA) is 47.6 Å². The Morgan fingerprint density at radius 1 is 0.852 bits per heavy atom. The Morgan fingerprint density at radius 3 is 2.30 bits per heavy atom. The monoisotopic (exact) mass is 361 g/mol. The second-order valence-electron chi connectivity index (χ2n) is 6.10. The van der Waals surface area contributed by atoms with Crippen LogP contribution in [0.25, 0.3) is 0 Å². The summed E-state index contributed by atoms with van der Waals surface area (Å²) in [6, 6.07) is 24.5. The van der Waals surface area contributed by atoms with Crippen LogP contribution in [0.15, 0.2) is 78.9 Å². The molecule has 1 amide bonds. The predicted molar refractivity (Wildman–Crippen MR) is 107 cm³/mol. The minimum absolute atomic E-state index is 0.187. The van der Waals surface area contributed by atoms with E-state index in [1.165, 1.54) is 0 Å². The molecule has 0 aliphatic heterocycles. The first-order chi connectivity index (χ1) is 13.3. The van der Waals surface area contributed by atoms with Crippen LogP contribution < -0.4 is 14.8 Å². The number of para-hydroxylation sites is 2. The molecule has 0 spiro atoms. The van der Waals surface area contributed by atoms with Crippen molar-refractivity contribution in [1.29, 1.82) is 0 Å². The van der Waals surface area contributed by atoms with Gasteiger partial charge >= 0.3 is 0 Å². The van der Waals surface area contributed by atoms with Crippen molar-refractivity contribution in [2.24, 2.45) is 0 Å². The summed E-state index contributed by atoms with van der Waals surface area (Å²) < 4.78 is 11.4. The molecule has 0 saturated carbocycles. The number of carbonyl (C=O) groups excluding carboxylic acids is 1. The third-order valence-electron chi connectivity index (χ3n) is 3.96. The van der Waals surface area contributed by atoms with E-state index in [-0.39, 0.29) is 5.91 Å². The van der Waals surface area contributed by atoms with E-state index in [9.17, 15) is 4.79 Å². The second kappa shape index (κ2) is 9.43. The van der Waals surface area contributed by atoms with Crippen LogP contribution in [0.1, 0.15) is 29.3 Å². The molecule has 0 saturated heterocycles. The van der Waals surface area contributed by atoms with Crippen LogP contribution in [-0.4, -0.2) is 12.5 Å². The summed E-state index contributed by atoms with van der Waals surface area (Å²) in [5, 5.41) is 2.92. The predicted octanol–water partition coefficient (Wildman–Crippen LogP) is 5.31. The van der Waals surface area contributed by atoms with Crippen molar-refractivity contribution in [2.75, 3.05) is 11.9 Å². The SMILES string of the molecule is CCCOc1ccc(C(=O)Nc2ccccc2OCc2ccccc2)cc1. The zero-order chi connectivity index (χ0) is 18.9. The molecule has 0 aliphatic carbocycles. The van der Waals surface area contributed by atoms with E-state index in [1.54, 1.807) is 12.1 Å².